The largest absolute Gasteiger partial charge is 0.349 e. The highest BCUT2D eigenvalue weighted by Crippen LogP contribution is 2.20. The zero-order valence-corrected chi connectivity index (χ0v) is 14.4. The van der Waals surface area contributed by atoms with Crippen molar-refractivity contribution in [2.75, 3.05) is 19.8 Å². The molecule has 1 fully saturated rings. The topological polar surface area (TPSA) is 83.6 Å². The number of rotatable bonds is 4. The molecule has 0 aliphatic carbocycles. The molecule has 6 nitrogen and oxygen atoms in total. The van der Waals surface area contributed by atoms with Crippen molar-refractivity contribution in [2.45, 2.75) is 30.7 Å². The van der Waals surface area contributed by atoms with Gasteiger partial charge in [0.1, 0.15) is 0 Å². The van der Waals surface area contributed by atoms with Crippen LogP contribution in [0, 0.1) is 5.92 Å². The van der Waals surface area contributed by atoms with Gasteiger partial charge in [-0.3, -0.25) is 9.59 Å². The Bertz CT molecular complexity index is 697. The van der Waals surface area contributed by atoms with Crippen molar-refractivity contribution in [3.05, 3.63) is 29.8 Å². The first kappa shape index (κ1) is 17.5. The first-order valence-corrected chi connectivity index (χ1v) is 9.42. The van der Waals surface area contributed by atoms with Gasteiger partial charge in [0.15, 0.2) is 9.84 Å². The quantitative estimate of drug-likeness (QED) is 0.892. The van der Waals surface area contributed by atoms with E-state index in [1.54, 1.807) is 24.1 Å². The van der Waals surface area contributed by atoms with Crippen LogP contribution in [-0.2, 0) is 19.4 Å². The van der Waals surface area contributed by atoms with Crippen molar-refractivity contribution in [1.29, 1.82) is 0 Å². The number of amides is 2. The number of piperidine rings is 1. The van der Waals surface area contributed by atoms with Gasteiger partial charge in [-0.2, -0.15) is 0 Å². The maximum absolute atomic E-state index is 12.3. The molecule has 1 aliphatic heterocycles. The minimum Gasteiger partial charge on any atom is -0.349 e. The first-order valence-electron chi connectivity index (χ1n) is 7.53. The summed E-state index contributed by atoms with van der Waals surface area (Å²) in [5.41, 5.74) is 0.824. The monoisotopic (exact) mass is 338 g/mol. The standard InChI is InChI=1S/C16H22N2O4S/c1-11(12-4-6-14(7-5-12)23(3,21)22)17-16(20)13-8-9-18(2)15(19)10-13/h4-7,11,13H,8-10H2,1-3H3,(H,17,20)/t11-,13+/m1/s1. The predicted octanol–water partition coefficient (Wildman–Crippen LogP) is 1.14. The molecule has 0 unspecified atom stereocenters. The summed E-state index contributed by atoms with van der Waals surface area (Å²) < 4.78 is 22.9. The number of hydrogen-bond acceptors (Lipinski definition) is 4. The molecule has 126 valence electrons. The number of sulfone groups is 1. The third kappa shape index (κ3) is 4.31. The van der Waals surface area contributed by atoms with Crippen LogP contribution < -0.4 is 5.32 Å². The molecule has 1 aromatic carbocycles. The first-order chi connectivity index (χ1) is 10.7. The van der Waals surface area contributed by atoms with Crippen LogP contribution in [0.25, 0.3) is 0 Å². The number of nitrogens with one attached hydrogen (secondary N) is 1. The Balaban J connectivity index is 2.00. The van der Waals surface area contributed by atoms with Crippen molar-refractivity contribution < 1.29 is 18.0 Å². The molecule has 2 rings (SSSR count). The zero-order valence-electron chi connectivity index (χ0n) is 13.6. The lowest BCUT2D eigenvalue weighted by molar-refractivity contribution is -0.139. The fraction of sp³-hybridized carbons (Fsp3) is 0.500. The lowest BCUT2D eigenvalue weighted by Crippen LogP contribution is -2.42. The van der Waals surface area contributed by atoms with E-state index in [2.05, 4.69) is 5.32 Å². The fourth-order valence-corrected chi connectivity index (χ4v) is 3.22. The van der Waals surface area contributed by atoms with Gasteiger partial charge in [-0.1, -0.05) is 12.1 Å². The third-order valence-electron chi connectivity index (χ3n) is 4.20. The van der Waals surface area contributed by atoms with Crippen molar-refractivity contribution >= 4 is 21.7 Å². The van der Waals surface area contributed by atoms with Gasteiger partial charge < -0.3 is 10.2 Å². The van der Waals surface area contributed by atoms with E-state index in [1.807, 2.05) is 6.92 Å². The van der Waals surface area contributed by atoms with Gasteiger partial charge in [0.2, 0.25) is 11.8 Å². The van der Waals surface area contributed by atoms with E-state index in [1.165, 1.54) is 12.1 Å². The Kier molecular flexibility index (Phi) is 5.09. The van der Waals surface area contributed by atoms with Crippen molar-refractivity contribution in [3.63, 3.8) is 0 Å². The van der Waals surface area contributed by atoms with E-state index in [-0.39, 0.29) is 35.1 Å². The Hall–Kier alpha value is -1.89. The number of carbonyl (C=O) groups is 2. The molecule has 1 heterocycles. The van der Waals surface area contributed by atoms with E-state index in [9.17, 15) is 18.0 Å². The Morgan fingerprint density at radius 3 is 2.43 bits per heavy atom. The number of carbonyl (C=O) groups excluding carboxylic acids is 2. The van der Waals surface area contributed by atoms with E-state index in [4.69, 9.17) is 0 Å². The molecule has 2 atom stereocenters. The van der Waals surface area contributed by atoms with Crippen LogP contribution in [0.5, 0.6) is 0 Å². The van der Waals surface area contributed by atoms with Gasteiger partial charge in [-0.05, 0) is 31.0 Å². The highest BCUT2D eigenvalue weighted by molar-refractivity contribution is 7.90. The molecule has 1 saturated heterocycles. The second-order valence-corrected chi connectivity index (χ2v) is 8.09. The molecule has 0 bridgehead atoms. The van der Waals surface area contributed by atoms with Crippen molar-refractivity contribution in [3.8, 4) is 0 Å². The van der Waals surface area contributed by atoms with Crippen LogP contribution in [-0.4, -0.2) is 45.0 Å². The second kappa shape index (κ2) is 6.70. The van der Waals surface area contributed by atoms with Crippen LogP contribution in [0.3, 0.4) is 0 Å². The van der Waals surface area contributed by atoms with E-state index in [0.29, 0.717) is 13.0 Å². The summed E-state index contributed by atoms with van der Waals surface area (Å²) in [5.74, 6) is -0.441. The average molecular weight is 338 g/mol. The van der Waals surface area contributed by atoms with Gasteiger partial charge in [0.05, 0.1) is 10.9 Å². The average Bonchev–Trinajstić information content (AvgIpc) is 2.49. The highest BCUT2D eigenvalue weighted by atomic mass is 32.2. The van der Waals surface area contributed by atoms with Crippen LogP contribution in [0.4, 0.5) is 0 Å². The minimum absolute atomic E-state index is 0.0124. The molecule has 0 saturated carbocycles. The van der Waals surface area contributed by atoms with Crippen LogP contribution in [0.15, 0.2) is 29.2 Å². The van der Waals surface area contributed by atoms with E-state index >= 15 is 0 Å². The van der Waals surface area contributed by atoms with Gasteiger partial charge in [0.25, 0.3) is 0 Å². The fourth-order valence-electron chi connectivity index (χ4n) is 2.58. The van der Waals surface area contributed by atoms with Crippen molar-refractivity contribution in [2.24, 2.45) is 5.92 Å². The summed E-state index contributed by atoms with van der Waals surface area (Å²) in [5, 5.41) is 2.90. The molecular weight excluding hydrogens is 316 g/mol. The van der Waals surface area contributed by atoms with E-state index in [0.717, 1.165) is 11.8 Å². The Labute approximate surface area is 136 Å². The summed E-state index contributed by atoms with van der Waals surface area (Å²) in [7, 11) is -1.49. The van der Waals surface area contributed by atoms with Gasteiger partial charge in [-0.15, -0.1) is 0 Å². The predicted molar refractivity (Wildman–Crippen MR) is 86.5 cm³/mol. The molecule has 23 heavy (non-hydrogen) atoms. The molecule has 1 aromatic rings. The van der Waals surface area contributed by atoms with Gasteiger partial charge in [0, 0.05) is 32.2 Å². The van der Waals surface area contributed by atoms with Crippen molar-refractivity contribution in [1.82, 2.24) is 10.2 Å². The summed E-state index contributed by atoms with van der Waals surface area (Å²) in [6.45, 7) is 2.43. The lowest BCUT2D eigenvalue weighted by atomic mass is 9.95. The Morgan fingerprint density at radius 1 is 1.30 bits per heavy atom. The molecule has 1 N–H and O–H groups in total. The highest BCUT2D eigenvalue weighted by Gasteiger charge is 2.29. The Morgan fingerprint density at radius 2 is 1.91 bits per heavy atom. The van der Waals surface area contributed by atoms with Crippen LogP contribution >= 0.6 is 0 Å². The number of nitrogens with zero attached hydrogens (tertiary/aromatic N) is 1. The second-order valence-electron chi connectivity index (χ2n) is 6.08. The van der Waals surface area contributed by atoms with Gasteiger partial charge in [-0.25, -0.2) is 8.42 Å². The molecule has 0 radical (unpaired) electrons. The maximum atomic E-state index is 12.3. The number of benzene rings is 1. The maximum Gasteiger partial charge on any atom is 0.224 e. The SMILES string of the molecule is C[C@@H](NC(=O)[C@H]1CCN(C)C(=O)C1)c1ccc(S(C)(=O)=O)cc1. The van der Waals surface area contributed by atoms with E-state index < -0.39 is 9.84 Å². The van der Waals surface area contributed by atoms with Gasteiger partial charge >= 0.3 is 0 Å². The smallest absolute Gasteiger partial charge is 0.224 e. The molecular formula is C16H22N2O4S. The summed E-state index contributed by atoms with van der Waals surface area (Å²) in [4.78, 5) is 25.9. The molecule has 0 aromatic heterocycles. The lowest BCUT2D eigenvalue weighted by Gasteiger charge is -2.28. The minimum atomic E-state index is -3.23. The number of likely N-dealkylation sites (tertiary alicyclic amines) is 1. The van der Waals surface area contributed by atoms with Crippen LogP contribution in [0.1, 0.15) is 31.4 Å². The summed E-state index contributed by atoms with van der Waals surface area (Å²) in [6.07, 6.45) is 2.06. The summed E-state index contributed by atoms with van der Waals surface area (Å²) in [6, 6.07) is 6.21. The molecule has 7 heteroatoms. The third-order valence-corrected chi connectivity index (χ3v) is 5.33. The van der Waals surface area contributed by atoms with Crippen LogP contribution in [0.2, 0.25) is 0 Å². The molecule has 0 spiro atoms. The number of hydrogen-bond donors (Lipinski definition) is 1. The molecule has 2 amide bonds. The summed E-state index contributed by atoms with van der Waals surface area (Å²) >= 11 is 0. The normalized spacial score (nSPS) is 20.2. The molecule has 1 aliphatic rings. The zero-order chi connectivity index (χ0) is 17.2.